The summed E-state index contributed by atoms with van der Waals surface area (Å²) >= 11 is 12.5. The molecular weight excluding hydrogens is 496 g/mol. The number of H-pyrrole nitrogens is 1. The number of halogens is 3. The third kappa shape index (κ3) is 5.52. The number of hydrogen-bond donors (Lipinski definition) is 4. The molecular formula is C24H26Cl2FN5O3. The molecule has 11 heteroatoms. The highest BCUT2D eigenvalue weighted by molar-refractivity contribution is 6.35. The first-order valence-corrected chi connectivity index (χ1v) is 12.1. The summed E-state index contributed by atoms with van der Waals surface area (Å²) < 4.78 is 14.7. The molecule has 0 aliphatic carbocycles. The number of rotatable bonds is 8. The van der Waals surface area contributed by atoms with E-state index in [2.05, 4.69) is 20.6 Å². The van der Waals surface area contributed by atoms with Crippen molar-refractivity contribution in [1.29, 1.82) is 0 Å². The van der Waals surface area contributed by atoms with Gasteiger partial charge in [0, 0.05) is 29.7 Å². The number of nitrogens with zero attached hydrogens (tertiary/aromatic N) is 2. The fourth-order valence-corrected chi connectivity index (χ4v) is 5.03. The van der Waals surface area contributed by atoms with E-state index in [-0.39, 0.29) is 42.1 Å². The van der Waals surface area contributed by atoms with Gasteiger partial charge in [0.25, 0.3) is 5.56 Å². The maximum absolute atomic E-state index is 14.7. The normalized spacial score (nSPS) is 15.2. The fourth-order valence-electron chi connectivity index (χ4n) is 4.34. The van der Waals surface area contributed by atoms with Gasteiger partial charge in [-0.15, -0.1) is 0 Å². The summed E-state index contributed by atoms with van der Waals surface area (Å²) in [6, 6.07) is 5.81. The van der Waals surface area contributed by atoms with E-state index < -0.39 is 11.4 Å². The molecule has 1 aliphatic heterocycles. The highest BCUT2D eigenvalue weighted by Crippen LogP contribution is 2.37. The molecule has 0 saturated heterocycles. The minimum Gasteiger partial charge on any atom is -0.396 e. The second-order valence-corrected chi connectivity index (χ2v) is 9.29. The number of unbranched alkanes of at least 4 members (excludes halogenated alkanes) is 1. The summed E-state index contributed by atoms with van der Waals surface area (Å²) in [5.41, 5.74) is 1.78. The number of hydrogen-bond acceptors (Lipinski definition) is 6. The third-order valence-corrected chi connectivity index (χ3v) is 6.64. The first-order chi connectivity index (χ1) is 16.8. The van der Waals surface area contributed by atoms with E-state index in [1.165, 1.54) is 6.07 Å². The lowest BCUT2D eigenvalue weighted by Gasteiger charge is -2.36. The van der Waals surface area contributed by atoms with Crippen LogP contribution in [0.3, 0.4) is 0 Å². The minimum atomic E-state index is -0.657. The van der Waals surface area contributed by atoms with Crippen LogP contribution in [0.2, 0.25) is 10.0 Å². The average molecular weight is 522 g/mol. The van der Waals surface area contributed by atoms with Crippen molar-refractivity contribution < 1.29 is 14.3 Å². The fraction of sp³-hybridized carbons (Fsp3) is 0.375. The number of aliphatic hydroxyl groups excluding tert-OH is 1. The van der Waals surface area contributed by atoms with Crippen LogP contribution in [0.4, 0.5) is 16.0 Å². The monoisotopic (exact) mass is 521 g/mol. The predicted molar refractivity (Wildman–Crippen MR) is 136 cm³/mol. The summed E-state index contributed by atoms with van der Waals surface area (Å²) in [5.74, 6) is -0.610. The van der Waals surface area contributed by atoms with Crippen LogP contribution < -0.4 is 16.2 Å². The minimum absolute atomic E-state index is 0.0741. The number of nitrogens with one attached hydrogen (secondary N) is 3. The lowest BCUT2D eigenvalue weighted by atomic mass is 9.93. The number of aromatic amines is 1. The molecule has 1 unspecified atom stereocenters. The Hall–Kier alpha value is -2.88. The molecule has 1 amide bonds. The van der Waals surface area contributed by atoms with Crippen molar-refractivity contribution in [2.45, 2.75) is 32.2 Å². The Balaban J connectivity index is 1.48. The van der Waals surface area contributed by atoms with Crippen molar-refractivity contribution in [1.82, 2.24) is 14.9 Å². The molecule has 3 aromatic rings. The summed E-state index contributed by atoms with van der Waals surface area (Å²) in [5, 5.41) is 15.9. The van der Waals surface area contributed by atoms with Gasteiger partial charge in [-0.05, 0) is 61.6 Å². The van der Waals surface area contributed by atoms with Gasteiger partial charge in [0.15, 0.2) is 0 Å². The van der Waals surface area contributed by atoms with Gasteiger partial charge in [-0.1, -0.05) is 23.2 Å². The second kappa shape index (κ2) is 10.8. The number of anilines is 2. The van der Waals surface area contributed by atoms with Crippen LogP contribution in [-0.4, -0.2) is 52.1 Å². The summed E-state index contributed by atoms with van der Waals surface area (Å²) in [7, 11) is 0. The zero-order chi connectivity index (χ0) is 25.1. The van der Waals surface area contributed by atoms with Crippen molar-refractivity contribution in [3.05, 3.63) is 61.6 Å². The first-order valence-electron chi connectivity index (χ1n) is 11.4. The van der Waals surface area contributed by atoms with Crippen LogP contribution >= 0.6 is 23.2 Å². The molecule has 0 saturated carbocycles. The molecule has 2 aromatic carbocycles. The van der Waals surface area contributed by atoms with Gasteiger partial charge in [-0.25, -0.2) is 9.37 Å². The molecule has 1 atom stereocenters. The SMILES string of the molecule is CC1c2c(Cl)cc(Cl)cc2CCN1C(=O)CNc1cc2nc(NCCCCO)[nH]c(=O)c2cc1F. The Labute approximate surface area is 211 Å². The van der Waals surface area contributed by atoms with E-state index in [0.29, 0.717) is 47.9 Å². The number of aromatic nitrogens is 2. The van der Waals surface area contributed by atoms with Gasteiger partial charge in [-0.3, -0.25) is 14.6 Å². The summed E-state index contributed by atoms with van der Waals surface area (Å²) in [4.78, 5) is 34.0. The van der Waals surface area contributed by atoms with E-state index in [4.69, 9.17) is 28.3 Å². The smallest absolute Gasteiger partial charge is 0.260 e. The number of carbonyl (C=O) groups excluding carboxylic acids is 1. The standard InChI is InChI=1S/C24H26Cl2FN5O3/c1-13-22-14(8-15(25)9-17(22)26)4-6-32(13)21(34)12-29-20-11-19-16(10-18(20)27)23(35)31-24(30-19)28-5-2-3-7-33/h8-11,13,29,33H,2-7,12H2,1H3,(H2,28,30,31,35). The van der Waals surface area contributed by atoms with Crippen molar-refractivity contribution in [3.63, 3.8) is 0 Å². The van der Waals surface area contributed by atoms with E-state index >= 15 is 0 Å². The predicted octanol–water partition coefficient (Wildman–Crippen LogP) is 4.11. The molecule has 0 bridgehead atoms. The quantitative estimate of drug-likeness (QED) is 0.332. The van der Waals surface area contributed by atoms with Gasteiger partial charge < -0.3 is 20.6 Å². The Morgan fingerprint density at radius 2 is 2.06 bits per heavy atom. The van der Waals surface area contributed by atoms with E-state index in [1.807, 2.05) is 13.0 Å². The number of fused-ring (bicyclic) bond motifs is 2. The Bertz CT molecular complexity index is 1320. The number of benzene rings is 2. The number of carbonyl (C=O) groups is 1. The lowest BCUT2D eigenvalue weighted by molar-refractivity contribution is -0.131. The Morgan fingerprint density at radius 1 is 1.26 bits per heavy atom. The largest absolute Gasteiger partial charge is 0.396 e. The molecule has 1 aliphatic rings. The molecule has 0 spiro atoms. The van der Waals surface area contributed by atoms with Crippen LogP contribution in [0.25, 0.3) is 10.9 Å². The first kappa shape index (κ1) is 25.2. The van der Waals surface area contributed by atoms with Crippen molar-refractivity contribution in [2.75, 3.05) is 36.9 Å². The average Bonchev–Trinajstić information content (AvgIpc) is 2.80. The third-order valence-electron chi connectivity index (χ3n) is 6.11. The van der Waals surface area contributed by atoms with Gasteiger partial charge in [0.05, 0.1) is 29.2 Å². The zero-order valence-electron chi connectivity index (χ0n) is 19.1. The van der Waals surface area contributed by atoms with E-state index in [1.54, 1.807) is 11.0 Å². The van der Waals surface area contributed by atoms with Crippen LogP contribution in [-0.2, 0) is 11.2 Å². The molecule has 35 heavy (non-hydrogen) atoms. The van der Waals surface area contributed by atoms with Crippen LogP contribution in [0, 0.1) is 5.82 Å². The van der Waals surface area contributed by atoms with Crippen molar-refractivity contribution >= 4 is 51.6 Å². The molecule has 2 heterocycles. The highest BCUT2D eigenvalue weighted by Gasteiger charge is 2.29. The van der Waals surface area contributed by atoms with Crippen LogP contribution in [0.15, 0.2) is 29.1 Å². The number of amides is 1. The molecule has 0 radical (unpaired) electrons. The molecule has 4 rings (SSSR count). The van der Waals surface area contributed by atoms with Crippen LogP contribution in [0.5, 0.6) is 0 Å². The summed E-state index contributed by atoms with van der Waals surface area (Å²) in [6.45, 7) is 2.86. The topological polar surface area (TPSA) is 110 Å². The maximum Gasteiger partial charge on any atom is 0.260 e. The van der Waals surface area contributed by atoms with Gasteiger partial charge in [-0.2, -0.15) is 0 Å². The Kier molecular flexibility index (Phi) is 7.78. The van der Waals surface area contributed by atoms with Gasteiger partial charge in [0.2, 0.25) is 11.9 Å². The van der Waals surface area contributed by atoms with Crippen LogP contribution in [0.1, 0.15) is 36.9 Å². The molecule has 1 aromatic heterocycles. The molecule has 0 fully saturated rings. The highest BCUT2D eigenvalue weighted by atomic mass is 35.5. The maximum atomic E-state index is 14.7. The molecule has 4 N–H and O–H groups in total. The Morgan fingerprint density at radius 3 is 2.83 bits per heavy atom. The zero-order valence-corrected chi connectivity index (χ0v) is 20.6. The van der Waals surface area contributed by atoms with Gasteiger partial charge in [0.1, 0.15) is 5.82 Å². The van der Waals surface area contributed by atoms with Crippen molar-refractivity contribution in [3.8, 4) is 0 Å². The van der Waals surface area contributed by atoms with E-state index in [9.17, 15) is 14.0 Å². The van der Waals surface area contributed by atoms with Crippen molar-refractivity contribution in [2.24, 2.45) is 0 Å². The second-order valence-electron chi connectivity index (χ2n) is 8.45. The lowest BCUT2D eigenvalue weighted by Crippen LogP contribution is -2.42. The summed E-state index contributed by atoms with van der Waals surface area (Å²) in [6.07, 6.45) is 1.95. The van der Waals surface area contributed by atoms with E-state index in [0.717, 1.165) is 17.2 Å². The molecule has 8 nitrogen and oxygen atoms in total. The number of aliphatic hydroxyl groups is 1. The molecule has 186 valence electrons. The van der Waals surface area contributed by atoms with Gasteiger partial charge >= 0.3 is 0 Å².